The van der Waals surface area contributed by atoms with Crippen LogP contribution >= 0.6 is 0 Å². The van der Waals surface area contributed by atoms with E-state index in [0.29, 0.717) is 18.7 Å². The van der Waals surface area contributed by atoms with Gasteiger partial charge in [-0.2, -0.15) is 9.78 Å². The third-order valence-electron chi connectivity index (χ3n) is 3.11. The van der Waals surface area contributed by atoms with Gasteiger partial charge >= 0.3 is 0 Å². The van der Waals surface area contributed by atoms with Crippen molar-refractivity contribution in [1.82, 2.24) is 9.78 Å². The standard InChI is InChI=1S/C11H17N3O2/c1-7-6-10(12)14(13-7)11(16)8-2-4-9(15)5-3-8/h6,8-9,15H,2-5,12H2,1H3. The quantitative estimate of drug-likeness (QED) is 0.743. The molecule has 0 saturated heterocycles. The smallest absolute Gasteiger partial charge is 0.251 e. The summed E-state index contributed by atoms with van der Waals surface area (Å²) in [6, 6.07) is 1.69. The lowest BCUT2D eigenvalue weighted by atomic mass is 9.87. The Hall–Kier alpha value is -1.36. The van der Waals surface area contributed by atoms with Crippen LogP contribution in [0.2, 0.25) is 0 Å². The van der Waals surface area contributed by atoms with E-state index >= 15 is 0 Å². The van der Waals surface area contributed by atoms with E-state index in [0.717, 1.165) is 18.5 Å². The van der Waals surface area contributed by atoms with Gasteiger partial charge < -0.3 is 10.8 Å². The van der Waals surface area contributed by atoms with E-state index in [1.807, 2.05) is 6.92 Å². The molecule has 1 fully saturated rings. The summed E-state index contributed by atoms with van der Waals surface area (Å²) in [5.74, 6) is 0.302. The fraction of sp³-hybridized carbons (Fsp3) is 0.636. The maximum Gasteiger partial charge on any atom is 0.251 e. The number of aliphatic hydroxyl groups excluding tert-OH is 1. The molecular formula is C11H17N3O2. The molecule has 0 aromatic carbocycles. The van der Waals surface area contributed by atoms with E-state index in [4.69, 9.17) is 5.73 Å². The second kappa shape index (κ2) is 4.25. The highest BCUT2D eigenvalue weighted by molar-refractivity contribution is 5.83. The molecule has 88 valence electrons. The van der Waals surface area contributed by atoms with Gasteiger partial charge in [-0.3, -0.25) is 4.79 Å². The summed E-state index contributed by atoms with van der Waals surface area (Å²) < 4.78 is 1.29. The van der Waals surface area contributed by atoms with E-state index in [-0.39, 0.29) is 17.9 Å². The van der Waals surface area contributed by atoms with Crippen LogP contribution in [0.15, 0.2) is 6.07 Å². The lowest BCUT2D eigenvalue weighted by Gasteiger charge is -2.24. The van der Waals surface area contributed by atoms with E-state index in [2.05, 4.69) is 5.10 Å². The Labute approximate surface area is 94.2 Å². The maximum atomic E-state index is 12.1. The van der Waals surface area contributed by atoms with Crippen molar-refractivity contribution >= 4 is 11.7 Å². The number of nitrogens with zero attached hydrogens (tertiary/aromatic N) is 2. The molecule has 0 spiro atoms. The number of carbonyl (C=O) groups is 1. The van der Waals surface area contributed by atoms with Gasteiger partial charge in [0.25, 0.3) is 5.91 Å². The third-order valence-corrected chi connectivity index (χ3v) is 3.11. The first-order valence-electron chi connectivity index (χ1n) is 5.62. The summed E-state index contributed by atoms with van der Waals surface area (Å²) in [6.07, 6.45) is 2.57. The number of anilines is 1. The largest absolute Gasteiger partial charge is 0.393 e. The van der Waals surface area contributed by atoms with Crippen LogP contribution < -0.4 is 5.73 Å². The van der Waals surface area contributed by atoms with Gasteiger partial charge in [0.1, 0.15) is 5.82 Å². The minimum atomic E-state index is -0.249. The molecule has 0 radical (unpaired) electrons. The summed E-state index contributed by atoms with van der Waals surface area (Å²) in [4.78, 5) is 12.1. The summed E-state index contributed by atoms with van der Waals surface area (Å²) >= 11 is 0. The molecule has 1 aliphatic rings. The zero-order valence-corrected chi connectivity index (χ0v) is 9.39. The van der Waals surface area contributed by atoms with Gasteiger partial charge in [-0.1, -0.05) is 0 Å². The van der Waals surface area contributed by atoms with E-state index in [1.54, 1.807) is 6.07 Å². The Morgan fingerprint density at radius 2 is 2.12 bits per heavy atom. The lowest BCUT2D eigenvalue weighted by molar-refractivity contribution is 0.0675. The maximum absolute atomic E-state index is 12.1. The Bertz CT molecular complexity index is 392. The zero-order valence-electron chi connectivity index (χ0n) is 9.39. The number of aromatic nitrogens is 2. The molecular weight excluding hydrogens is 206 g/mol. The van der Waals surface area contributed by atoms with E-state index in [9.17, 15) is 9.90 Å². The van der Waals surface area contributed by atoms with Gasteiger partial charge in [0.2, 0.25) is 0 Å². The number of carbonyl (C=O) groups excluding carboxylic acids is 1. The topological polar surface area (TPSA) is 81.1 Å². The number of aryl methyl sites for hydroxylation is 1. The van der Waals surface area contributed by atoms with Crippen LogP contribution in [0.1, 0.15) is 36.2 Å². The van der Waals surface area contributed by atoms with Crippen molar-refractivity contribution < 1.29 is 9.90 Å². The minimum Gasteiger partial charge on any atom is -0.393 e. The molecule has 0 bridgehead atoms. The highest BCUT2D eigenvalue weighted by Gasteiger charge is 2.27. The molecule has 0 amide bonds. The second-order valence-electron chi connectivity index (χ2n) is 4.47. The van der Waals surface area contributed by atoms with Gasteiger partial charge in [-0.25, -0.2) is 0 Å². The van der Waals surface area contributed by atoms with Crippen molar-refractivity contribution in [2.45, 2.75) is 38.7 Å². The fourth-order valence-corrected chi connectivity index (χ4v) is 2.19. The monoisotopic (exact) mass is 223 g/mol. The Kier molecular flexibility index (Phi) is 2.96. The average molecular weight is 223 g/mol. The van der Waals surface area contributed by atoms with Crippen molar-refractivity contribution in [3.05, 3.63) is 11.8 Å². The predicted octanol–water partition coefficient (Wildman–Crippen LogP) is 0.965. The molecule has 0 atom stereocenters. The molecule has 16 heavy (non-hydrogen) atoms. The van der Waals surface area contributed by atoms with Crippen LogP contribution in [0.3, 0.4) is 0 Å². The van der Waals surface area contributed by atoms with E-state index < -0.39 is 0 Å². The van der Waals surface area contributed by atoms with Crippen molar-refractivity contribution in [1.29, 1.82) is 0 Å². The molecule has 0 unspecified atom stereocenters. The summed E-state index contributed by atoms with van der Waals surface area (Å²) in [5, 5.41) is 13.5. The molecule has 1 aliphatic carbocycles. The molecule has 5 heteroatoms. The van der Waals surface area contributed by atoms with E-state index in [1.165, 1.54) is 4.68 Å². The Morgan fingerprint density at radius 3 is 2.62 bits per heavy atom. The number of hydrogen-bond acceptors (Lipinski definition) is 4. The first-order valence-corrected chi connectivity index (χ1v) is 5.62. The second-order valence-corrected chi connectivity index (χ2v) is 4.47. The van der Waals surface area contributed by atoms with Crippen LogP contribution in [0.5, 0.6) is 0 Å². The van der Waals surface area contributed by atoms with Gasteiger partial charge in [0.05, 0.1) is 11.8 Å². The Balaban J connectivity index is 2.10. The van der Waals surface area contributed by atoms with Crippen LogP contribution in [0, 0.1) is 12.8 Å². The average Bonchev–Trinajstić information content (AvgIpc) is 2.58. The number of aliphatic hydroxyl groups is 1. The lowest BCUT2D eigenvalue weighted by Crippen LogP contribution is -2.29. The molecule has 0 aliphatic heterocycles. The number of nitrogen functional groups attached to an aromatic ring is 1. The Morgan fingerprint density at radius 1 is 1.50 bits per heavy atom. The SMILES string of the molecule is Cc1cc(N)n(C(=O)C2CCC(O)CC2)n1. The van der Waals surface area contributed by atoms with Gasteiger partial charge in [-0.05, 0) is 32.6 Å². The van der Waals surface area contributed by atoms with Crippen molar-refractivity contribution in [2.75, 3.05) is 5.73 Å². The molecule has 1 heterocycles. The molecule has 1 aromatic rings. The first kappa shape index (κ1) is 11.1. The first-order chi connectivity index (χ1) is 7.58. The fourth-order valence-electron chi connectivity index (χ4n) is 2.19. The van der Waals surface area contributed by atoms with Crippen LogP contribution in [-0.4, -0.2) is 26.9 Å². The minimum absolute atomic E-state index is 0.0440. The molecule has 5 nitrogen and oxygen atoms in total. The highest BCUT2D eigenvalue weighted by Crippen LogP contribution is 2.26. The third kappa shape index (κ3) is 2.09. The van der Waals surface area contributed by atoms with Gasteiger partial charge in [0.15, 0.2) is 0 Å². The zero-order chi connectivity index (χ0) is 11.7. The summed E-state index contributed by atoms with van der Waals surface area (Å²) in [7, 11) is 0. The van der Waals surface area contributed by atoms with Crippen molar-refractivity contribution in [2.24, 2.45) is 5.92 Å². The molecule has 1 aromatic heterocycles. The van der Waals surface area contributed by atoms with Crippen LogP contribution in [-0.2, 0) is 0 Å². The number of nitrogens with two attached hydrogens (primary N) is 1. The molecule has 3 N–H and O–H groups in total. The van der Waals surface area contributed by atoms with Gasteiger partial charge in [-0.15, -0.1) is 0 Å². The van der Waals surface area contributed by atoms with Crippen molar-refractivity contribution in [3.63, 3.8) is 0 Å². The summed E-state index contributed by atoms with van der Waals surface area (Å²) in [6.45, 7) is 1.81. The normalized spacial score (nSPS) is 25.6. The molecule has 2 rings (SSSR count). The van der Waals surface area contributed by atoms with Crippen LogP contribution in [0.25, 0.3) is 0 Å². The highest BCUT2D eigenvalue weighted by atomic mass is 16.3. The molecule has 1 saturated carbocycles. The number of rotatable bonds is 1. The summed E-state index contributed by atoms with van der Waals surface area (Å²) in [5.41, 5.74) is 6.46. The van der Waals surface area contributed by atoms with Crippen molar-refractivity contribution in [3.8, 4) is 0 Å². The van der Waals surface area contributed by atoms with Crippen LogP contribution in [0.4, 0.5) is 5.82 Å². The predicted molar refractivity (Wildman–Crippen MR) is 60.0 cm³/mol. The van der Waals surface area contributed by atoms with Gasteiger partial charge in [0, 0.05) is 12.0 Å². The number of hydrogen-bond donors (Lipinski definition) is 2.